The van der Waals surface area contributed by atoms with E-state index in [4.69, 9.17) is 5.41 Å². The van der Waals surface area contributed by atoms with Crippen molar-refractivity contribution in [2.45, 2.75) is 19.3 Å². The molecule has 6 nitrogen and oxygen atoms in total. The van der Waals surface area contributed by atoms with E-state index in [0.29, 0.717) is 16.8 Å². The number of nitriles is 1. The van der Waals surface area contributed by atoms with Crippen molar-refractivity contribution in [2.75, 3.05) is 6.54 Å². The summed E-state index contributed by atoms with van der Waals surface area (Å²) >= 11 is 0. The second kappa shape index (κ2) is 6.31. The quantitative estimate of drug-likeness (QED) is 0.650. The monoisotopic (exact) mass is 368 g/mol. The molecule has 0 saturated heterocycles. The van der Waals surface area contributed by atoms with Gasteiger partial charge in [0, 0.05) is 54.2 Å². The fourth-order valence-electron chi connectivity index (χ4n) is 4.03. The van der Waals surface area contributed by atoms with Crippen LogP contribution in [0.1, 0.15) is 30.5 Å². The Morgan fingerprint density at radius 2 is 2.25 bits per heavy atom. The van der Waals surface area contributed by atoms with Gasteiger partial charge in [-0.2, -0.15) is 5.26 Å². The minimum Gasteiger partial charge on any atom is -0.390 e. The van der Waals surface area contributed by atoms with E-state index < -0.39 is 0 Å². The van der Waals surface area contributed by atoms with E-state index in [9.17, 15) is 5.26 Å². The van der Waals surface area contributed by atoms with E-state index in [-0.39, 0.29) is 0 Å². The van der Waals surface area contributed by atoms with Crippen LogP contribution in [0.5, 0.6) is 0 Å². The van der Waals surface area contributed by atoms with Crippen molar-refractivity contribution in [1.29, 1.82) is 10.7 Å². The molecule has 1 unspecified atom stereocenters. The first-order valence-electron chi connectivity index (χ1n) is 9.51. The van der Waals surface area contributed by atoms with Gasteiger partial charge in [-0.15, -0.1) is 0 Å². The molecule has 0 radical (unpaired) electrons. The molecule has 0 aliphatic heterocycles. The molecule has 1 atom stereocenters. The highest BCUT2D eigenvalue weighted by molar-refractivity contribution is 6.10. The second-order valence-corrected chi connectivity index (χ2v) is 7.73. The molecule has 2 N–H and O–H groups in total. The van der Waals surface area contributed by atoms with Gasteiger partial charge in [0.05, 0.1) is 5.69 Å². The molecule has 0 aromatic carbocycles. The molecule has 1 spiro atoms. The number of pyridine rings is 2. The van der Waals surface area contributed by atoms with Crippen LogP contribution in [0.15, 0.2) is 49.1 Å². The third kappa shape index (κ3) is 2.85. The molecule has 2 fully saturated rings. The molecule has 3 aromatic rings. The van der Waals surface area contributed by atoms with Crippen LogP contribution in [0.3, 0.4) is 0 Å². The summed E-state index contributed by atoms with van der Waals surface area (Å²) in [5.74, 6) is 0.775. The molecule has 0 bridgehead atoms. The van der Waals surface area contributed by atoms with Gasteiger partial charge in [0.15, 0.2) is 0 Å². The molecule has 6 heteroatoms. The lowest BCUT2D eigenvalue weighted by atomic mass is 10.0. The summed E-state index contributed by atoms with van der Waals surface area (Å²) in [6, 6.07) is 9.58. The van der Waals surface area contributed by atoms with E-state index in [1.807, 2.05) is 41.2 Å². The molecule has 5 rings (SSSR count). The van der Waals surface area contributed by atoms with Gasteiger partial charge < -0.3 is 15.1 Å². The number of imidazole rings is 1. The zero-order chi connectivity index (χ0) is 19.1. The van der Waals surface area contributed by atoms with Crippen LogP contribution in [0.4, 0.5) is 0 Å². The van der Waals surface area contributed by atoms with Gasteiger partial charge in [-0.05, 0) is 54.9 Å². The maximum absolute atomic E-state index is 9.30. The van der Waals surface area contributed by atoms with Gasteiger partial charge in [0.2, 0.25) is 0 Å². The Labute approximate surface area is 163 Å². The van der Waals surface area contributed by atoms with Gasteiger partial charge in [0.1, 0.15) is 17.4 Å². The third-order valence-electron chi connectivity index (χ3n) is 6.02. The summed E-state index contributed by atoms with van der Waals surface area (Å²) in [6.45, 7) is 0.955. The van der Waals surface area contributed by atoms with E-state index in [0.717, 1.165) is 34.8 Å². The van der Waals surface area contributed by atoms with Crippen molar-refractivity contribution in [3.63, 3.8) is 0 Å². The highest BCUT2D eigenvalue weighted by atomic mass is 15.0. The second-order valence-electron chi connectivity index (χ2n) is 7.73. The smallest absolute Gasteiger partial charge is 0.141 e. The first kappa shape index (κ1) is 16.7. The minimum absolute atomic E-state index is 0.355. The average Bonchev–Trinajstić information content (AvgIpc) is 3.60. The fraction of sp³-hybridized carbons (Fsp3) is 0.273. The van der Waals surface area contributed by atoms with Gasteiger partial charge in [0.25, 0.3) is 0 Å². The van der Waals surface area contributed by atoms with Crippen molar-refractivity contribution < 1.29 is 0 Å². The summed E-state index contributed by atoms with van der Waals surface area (Å²) in [7, 11) is 0. The normalized spacial score (nSPS) is 19.4. The molecular weight excluding hydrogens is 348 g/mol. The van der Waals surface area contributed by atoms with Crippen LogP contribution in [0, 0.1) is 28.1 Å². The Morgan fingerprint density at radius 3 is 3.00 bits per heavy atom. The number of nitrogens with one attached hydrogen (secondary N) is 2. The van der Waals surface area contributed by atoms with Crippen LogP contribution >= 0.6 is 0 Å². The molecule has 3 heterocycles. The third-order valence-corrected chi connectivity index (χ3v) is 6.02. The highest BCUT2D eigenvalue weighted by Crippen LogP contribution is 2.70. The molecule has 2 aliphatic carbocycles. The minimum atomic E-state index is 0.355. The molecule has 138 valence electrons. The van der Waals surface area contributed by atoms with Gasteiger partial charge in [-0.1, -0.05) is 0 Å². The number of nitrogens with zero attached hydrogens (tertiary/aromatic N) is 4. The summed E-state index contributed by atoms with van der Waals surface area (Å²) < 4.78 is 1.93. The number of rotatable bonds is 6. The number of fused-ring (bicyclic) bond motifs is 1. The standard InChI is InChI=1S/C22H20N6/c23-11-16(13-25-14-17-10-22(17)4-5-22)19-2-1-18(12-24)27-21(19)15-3-7-28-8-6-26-20(28)9-15/h1-3,6-9,11,13,17,23,25H,4-5,10,14H2/b16-13+,23-11?. The first-order chi connectivity index (χ1) is 13.7. The van der Waals surface area contributed by atoms with Crippen LogP contribution < -0.4 is 5.32 Å². The Balaban J connectivity index is 1.50. The van der Waals surface area contributed by atoms with Gasteiger partial charge >= 0.3 is 0 Å². The lowest BCUT2D eigenvalue weighted by molar-refractivity contribution is 0.664. The molecule has 2 aliphatic rings. The molecular formula is C22H20N6. The van der Waals surface area contributed by atoms with Gasteiger partial charge in [-0.3, -0.25) is 0 Å². The average molecular weight is 368 g/mol. The Bertz CT molecular complexity index is 1150. The summed E-state index contributed by atoms with van der Waals surface area (Å²) in [5.41, 5.74) is 4.97. The lowest BCUT2D eigenvalue weighted by Gasteiger charge is -2.11. The van der Waals surface area contributed by atoms with Gasteiger partial charge in [-0.25, -0.2) is 9.97 Å². The van der Waals surface area contributed by atoms with Crippen molar-refractivity contribution >= 4 is 17.4 Å². The van der Waals surface area contributed by atoms with Crippen molar-refractivity contribution in [3.8, 4) is 17.3 Å². The summed E-state index contributed by atoms with van der Waals surface area (Å²) in [4.78, 5) is 8.88. The van der Waals surface area contributed by atoms with E-state index >= 15 is 0 Å². The molecule has 28 heavy (non-hydrogen) atoms. The van der Waals surface area contributed by atoms with Crippen molar-refractivity contribution in [2.24, 2.45) is 11.3 Å². The number of hydrogen-bond acceptors (Lipinski definition) is 5. The first-order valence-corrected chi connectivity index (χ1v) is 9.51. The maximum Gasteiger partial charge on any atom is 0.141 e. The number of allylic oxidation sites excluding steroid dienone is 1. The van der Waals surface area contributed by atoms with Crippen molar-refractivity contribution in [3.05, 3.63) is 60.3 Å². The number of hydrogen-bond donors (Lipinski definition) is 2. The molecule has 2 saturated carbocycles. The van der Waals surface area contributed by atoms with Crippen LogP contribution in [-0.4, -0.2) is 27.1 Å². The summed E-state index contributed by atoms with van der Waals surface area (Å²) in [6.07, 6.45) is 12.9. The van der Waals surface area contributed by atoms with Crippen LogP contribution in [-0.2, 0) is 0 Å². The molecule has 3 aromatic heterocycles. The lowest BCUT2D eigenvalue weighted by Crippen LogP contribution is -2.12. The predicted molar refractivity (Wildman–Crippen MR) is 108 cm³/mol. The predicted octanol–water partition coefficient (Wildman–Crippen LogP) is 3.65. The summed E-state index contributed by atoms with van der Waals surface area (Å²) in [5, 5.41) is 20.6. The highest BCUT2D eigenvalue weighted by Gasteiger charge is 2.61. The Hall–Kier alpha value is -3.46. The maximum atomic E-state index is 9.30. The number of aromatic nitrogens is 3. The van der Waals surface area contributed by atoms with Crippen LogP contribution in [0.2, 0.25) is 0 Å². The fourth-order valence-corrected chi connectivity index (χ4v) is 4.03. The van der Waals surface area contributed by atoms with E-state index in [1.54, 1.807) is 12.3 Å². The molecule has 0 amide bonds. The van der Waals surface area contributed by atoms with E-state index in [2.05, 4.69) is 21.4 Å². The van der Waals surface area contributed by atoms with Crippen molar-refractivity contribution in [1.82, 2.24) is 19.7 Å². The van der Waals surface area contributed by atoms with E-state index in [1.165, 1.54) is 25.5 Å². The van der Waals surface area contributed by atoms with Crippen LogP contribution in [0.25, 0.3) is 22.5 Å². The zero-order valence-electron chi connectivity index (χ0n) is 15.4. The SMILES string of the molecule is N#Cc1ccc(/C(C=N)=C/NCC2CC23CC3)c(-c2ccn3ccnc3c2)n1. The largest absolute Gasteiger partial charge is 0.390 e. The Kier molecular flexibility index (Phi) is 3.76. The Morgan fingerprint density at radius 1 is 1.36 bits per heavy atom. The topological polar surface area (TPSA) is 89.9 Å². The zero-order valence-corrected chi connectivity index (χ0v) is 15.4.